The molecule has 3 rings (SSSR count). The van der Waals surface area contributed by atoms with E-state index in [1.807, 2.05) is 24.8 Å². The molecule has 24 heavy (non-hydrogen) atoms. The van der Waals surface area contributed by atoms with Crippen molar-refractivity contribution in [1.29, 1.82) is 0 Å². The van der Waals surface area contributed by atoms with E-state index in [4.69, 9.17) is 5.73 Å². The molecule has 0 aliphatic heterocycles. The first kappa shape index (κ1) is 16.8. The summed E-state index contributed by atoms with van der Waals surface area (Å²) in [5.74, 6) is -0.200. The Morgan fingerprint density at radius 1 is 1.21 bits per heavy atom. The lowest BCUT2D eigenvalue weighted by Crippen LogP contribution is -2.17. The number of nitrogen functional groups attached to an aromatic ring is 1. The summed E-state index contributed by atoms with van der Waals surface area (Å²) in [5, 5.41) is 3.59. The average Bonchev–Trinajstić information content (AvgIpc) is 2.58. The number of thioether (sulfide) groups is 1. The van der Waals surface area contributed by atoms with E-state index in [2.05, 4.69) is 27.4 Å². The zero-order valence-corrected chi connectivity index (χ0v) is 14.6. The molecule has 1 fully saturated rings. The van der Waals surface area contributed by atoms with Crippen LogP contribution in [0.1, 0.15) is 48.2 Å². The van der Waals surface area contributed by atoms with Crippen molar-refractivity contribution in [3.63, 3.8) is 0 Å². The van der Waals surface area contributed by atoms with E-state index in [1.54, 1.807) is 0 Å². The Bertz CT molecular complexity index is 729. The van der Waals surface area contributed by atoms with E-state index in [0.717, 1.165) is 16.5 Å². The summed E-state index contributed by atoms with van der Waals surface area (Å²) in [6.45, 7) is 2.00. The largest absolute Gasteiger partial charge is 0.382 e. The summed E-state index contributed by atoms with van der Waals surface area (Å²) >= 11 is 1.95. The third-order valence-corrected chi connectivity index (χ3v) is 5.57. The maximum atomic E-state index is 12.3. The standard InChI is InChI=1S/C18H22N4OS/c1-12-11-14(24-13-5-3-2-4-6-13)7-8-15(12)22-18(23)16-17(19)21-10-9-20-16/h7-11,13H,2-6H2,1H3,(H2,19,21)(H,22,23). The number of aromatic nitrogens is 2. The predicted octanol–water partition coefficient (Wildman–Crippen LogP) is 4.04. The minimum atomic E-state index is -0.337. The van der Waals surface area contributed by atoms with Crippen molar-refractivity contribution in [2.24, 2.45) is 0 Å². The molecular weight excluding hydrogens is 320 g/mol. The molecule has 0 unspecified atom stereocenters. The van der Waals surface area contributed by atoms with Crippen LogP contribution < -0.4 is 11.1 Å². The van der Waals surface area contributed by atoms with Gasteiger partial charge in [-0.05, 0) is 43.5 Å². The maximum absolute atomic E-state index is 12.3. The number of nitrogens with one attached hydrogen (secondary N) is 1. The van der Waals surface area contributed by atoms with Crippen molar-refractivity contribution >= 4 is 29.2 Å². The van der Waals surface area contributed by atoms with Gasteiger partial charge in [0, 0.05) is 28.2 Å². The summed E-state index contributed by atoms with van der Waals surface area (Å²) in [4.78, 5) is 21.4. The van der Waals surface area contributed by atoms with E-state index < -0.39 is 0 Å². The van der Waals surface area contributed by atoms with Gasteiger partial charge in [-0.15, -0.1) is 11.8 Å². The van der Waals surface area contributed by atoms with Crippen molar-refractivity contribution < 1.29 is 4.79 Å². The molecule has 3 N–H and O–H groups in total. The fourth-order valence-corrected chi connectivity index (χ4v) is 4.28. The Balaban J connectivity index is 1.68. The summed E-state index contributed by atoms with van der Waals surface area (Å²) in [7, 11) is 0. The number of amides is 1. The molecule has 0 radical (unpaired) electrons. The zero-order chi connectivity index (χ0) is 16.9. The van der Waals surface area contributed by atoms with Crippen LogP contribution in [0.25, 0.3) is 0 Å². The Hall–Kier alpha value is -2.08. The number of aryl methyl sites for hydroxylation is 1. The number of hydrogen-bond donors (Lipinski definition) is 2. The zero-order valence-electron chi connectivity index (χ0n) is 13.8. The van der Waals surface area contributed by atoms with Gasteiger partial charge >= 0.3 is 0 Å². The van der Waals surface area contributed by atoms with Crippen LogP contribution in [0.5, 0.6) is 0 Å². The van der Waals surface area contributed by atoms with Crippen LogP contribution in [0, 0.1) is 6.92 Å². The van der Waals surface area contributed by atoms with Crippen LogP contribution in [-0.4, -0.2) is 21.1 Å². The lowest BCUT2D eigenvalue weighted by atomic mass is 10.0. The van der Waals surface area contributed by atoms with Crippen molar-refractivity contribution in [1.82, 2.24) is 9.97 Å². The minimum Gasteiger partial charge on any atom is -0.382 e. The van der Waals surface area contributed by atoms with Crippen molar-refractivity contribution in [3.8, 4) is 0 Å². The average molecular weight is 342 g/mol. The molecule has 1 aromatic heterocycles. The Morgan fingerprint density at radius 2 is 1.96 bits per heavy atom. The highest BCUT2D eigenvalue weighted by molar-refractivity contribution is 8.00. The Morgan fingerprint density at radius 3 is 2.67 bits per heavy atom. The highest BCUT2D eigenvalue weighted by Crippen LogP contribution is 2.35. The lowest BCUT2D eigenvalue weighted by Gasteiger charge is -2.21. The molecule has 1 amide bonds. The molecule has 1 heterocycles. The molecule has 1 aliphatic rings. The van der Waals surface area contributed by atoms with Crippen molar-refractivity contribution in [2.45, 2.75) is 49.2 Å². The van der Waals surface area contributed by atoms with Crippen LogP contribution in [-0.2, 0) is 0 Å². The van der Waals surface area contributed by atoms with Crippen LogP contribution in [0.3, 0.4) is 0 Å². The molecule has 1 saturated carbocycles. The molecule has 1 aromatic carbocycles. The van der Waals surface area contributed by atoms with E-state index in [0.29, 0.717) is 0 Å². The highest BCUT2D eigenvalue weighted by atomic mass is 32.2. The van der Waals surface area contributed by atoms with E-state index in [1.165, 1.54) is 49.4 Å². The van der Waals surface area contributed by atoms with Gasteiger partial charge < -0.3 is 11.1 Å². The summed E-state index contributed by atoms with van der Waals surface area (Å²) in [6, 6.07) is 6.15. The number of carbonyl (C=O) groups is 1. The first-order valence-corrected chi connectivity index (χ1v) is 9.16. The minimum absolute atomic E-state index is 0.136. The van der Waals surface area contributed by atoms with Crippen LogP contribution in [0.2, 0.25) is 0 Å². The molecule has 2 aromatic rings. The van der Waals surface area contributed by atoms with Gasteiger partial charge in [0.2, 0.25) is 0 Å². The normalized spacial score (nSPS) is 15.2. The van der Waals surface area contributed by atoms with Crippen LogP contribution in [0.15, 0.2) is 35.5 Å². The molecule has 0 spiro atoms. The van der Waals surface area contributed by atoms with Gasteiger partial charge in [-0.2, -0.15) is 0 Å². The third kappa shape index (κ3) is 4.06. The Labute approximate surface area is 146 Å². The van der Waals surface area contributed by atoms with E-state index in [-0.39, 0.29) is 17.4 Å². The van der Waals surface area contributed by atoms with Gasteiger partial charge in [0.25, 0.3) is 5.91 Å². The van der Waals surface area contributed by atoms with Crippen molar-refractivity contribution in [3.05, 3.63) is 41.9 Å². The smallest absolute Gasteiger partial charge is 0.278 e. The monoisotopic (exact) mass is 342 g/mol. The topological polar surface area (TPSA) is 80.9 Å². The van der Waals surface area contributed by atoms with Gasteiger partial charge in [-0.3, -0.25) is 4.79 Å². The number of anilines is 2. The first-order chi connectivity index (χ1) is 11.6. The van der Waals surface area contributed by atoms with Gasteiger partial charge in [0.15, 0.2) is 11.5 Å². The van der Waals surface area contributed by atoms with Gasteiger partial charge in [0.05, 0.1) is 0 Å². The second-order valence-electron chi connectivity index (χ2n) is 6.10. The number of rotatable bonds is 4. The number of nitrogens with two attached hydrogens (primary N) is 1. The molecule has 0 saturated heterocycles. The first-order valence-electron chi connectivity index (χ1n) is 8.28. The highest BCUT2D eigenvalue weighted by Gasteiger charge is 2.16. The van der Waals surface area contributed by atoms with Crippen LogP contribution >= 0.6 is 11.8 Å². The summed E-state index contributed by atoms with van der Waals surface area (Å²) in [5.41, 5.74) is 7.66. The number of nitrogens with zero attached hydrogens (tertiary/aromatic N) is 2. The molecular formula is C18H22N4OS. The van der Waals surface area contributed by atoms with Crippen molar-refractivity contribution in [2.75, 3.05) is 11.1 Å². The third-order valence-electron chi connectivity index (χ3n) is 4.24. The second-order valence-corrected chi connectivity index (χ2v) is 7.47. The predicted molar refractivity (Wildman–Crippen MR) is 98.3 cm³/mol. The second kappa shape index (κ2) is 7.66. The quantitative estimate of drug-likeness (QED) is 0.876. The van der Waals surface area contributed by atoms with Gasteiger partial charge in [-0.25, -0.2) is 9.97 Å². The molecule has 0 bridgehead atoms. The van der Waals surface area contributed by atoms with E-state index in [9.17, 15) is 4.79 Å². The summed E-state index contributed by atoms with van der Waals surface area (Å²) < 4.78 is 0. The van der Waals surface area contributed by atoms with Gasteiger partial charge in [0.1, 0.15) is 0 Å². The fraction of sp³-hybridized carbons (Fsp3) is 0.389. The SMILES string of the molecule is Cc1cc(SC2CCCCC2)ccc1NC(=O)c1nccnc1N. The van der Waals surface area contributed by atoms with Crippen LogP contribution in [0.4, 0.5) is 11.5 Å². The Kier molecular flexibility index (Phi) is 5.35. The van der Waals surface area contributed by atoms with Gasteiger partial charge in [-0.1, -0.05) is 19.3 Å². The molecule has 5 nitrogen and oxygen atoms in total. The summed E-state index contributed by atoms with van der Waals surface area (Å²) in [6.07, 6.45) is 9.57. The number of benzene rings is 1. The lowest BCUT2D eigenvalue weighted by molar-refractivity contribution is 0.102. The van der Waals surface area contributed by atoms with E-state index >= 15 is 0 Å². The molecule has 6 heteroatoms. The number of hydrogen-bond acceptors (Lipinski definition) is 5. The molecule has 1 aliphatic carbocycles. The fourth-order valence-electron chi connectivity index (χ4n) is 2.93. The number of carbonyl (C=O) groups excluding carboxylic acids is 1. The molecule has 126 valence electrons. The maximum Gasteiger partial charge on any atom is 0.278 e. The molecule has 0 atom stereocenters.